The van der Waals surface area contributed by atoms with Crippen LogP contribution in [0.5, 0.6) is 0 Å². The van der Waals surface area contributed by atoms with Crippen molar-refractivity contribution in [2.75, 3.05) is 30.3 Å². The molecule has 2 amide bonds. The first-order valence-electron chi connectivity index (χ1n) is 8.24. The maximum atomic E-state index is 12.7. The van der Waals surface area contributed by atoms with Gasteiger partial charge in [0.25, 0.3) is 0 Å². The van der Waals surface area contributed by atoms with Gasteiger partial charge in [0.1, 0.15) is 0 Å². The molecule has 2 heterocycles. The van der Waals surface area contributed by atoms with E-state index < -0.39 is 21.9 Å². The van der Waals surface area contributed by atoms with Crippen LogP contribution >= 0.6 is 11.8 Å². The van der Waals surface area contributed by atoms with Crippen LogP contribution in [0.3, 0.4) is 0 Å². The normalized spacial score (nSPS) is 24.9. The molecule has 2 fully saturated rings. The van der Waals surface area contributed by atoms with E-state index in [9.17, 15) is 18.0 Å². The Labute approximate surface area is 152 Å². The van der Waals surface area contributed by atoms with E-state index in [1.807, 2.05) is 31.2 Å². The minimum atomic E-state index is -3.23. The van der Waals surface area contributed by atoms with Gasteiger partial charge >= 0.3 is 0 Å². The summed E-state index contributed by atoms with van der Waals surface area (Å²) < 4.78 is 24.2. The first-order chi connectivity index (χ1) is 11.8. The zero-order chi connectivity index (χ0) is 18.2. The highest BCUT2D eigenvalue weighted by Gasteiger charge is 2.48. The van der Waals surface area contributed by atoms with Gasteiger partial charge in [0.15, 0.2) is 9.84 Å². The molecule has 1 aromatic rings. The summed E-state index contributed by atoms with van der Waals surface area (Å²) in [6, 6.07) is 7.03. The van der Waals surface area contributed by atoms with Crippen LogP contribution in [-0.4, -0.2) is 72.5 Å². The average molecular weight is 383 g/mol. The van der Waals surface area contributed by atoms with Gasteiger partial charge < -0.3 is 9.80 Å². The minimum Gasteiger partial charge on any atom is -0.335 e. The molecule has 3 rings (SSSR count). The lowest BCUT2D eigenvalue weighted by atomic mass is 10.0. The van der Waals surface area contributed by atoms with Crippen LogP contribution in [0.15, 0.2) is 29.2 Å². The van der Waals surface area contributed by atoms with E-state index in [1.54, 1.807) is 9.80 Å². The second kappa shape index (κ2) is 6.99. The maximum Gasteiger partial charge on any atom is 0.233 e. The van der Waals surface area contributed by atoms with Crippen molar-refractivity contribution in [3.05, 3.63) is 29.8 Å². The molecule has 136 valence electrons. The molecule has 0 radical (unpaired) electrons. The number of sulfone groups is 1. The summed E-state index contributed by atoms with van der Waals surface area (Å²) in [5, 5.41) is 0. The molecule has 25 heavy (non-hydrogen) atoms. The zero-order valence-electron chi connectivity index (χ0n) is 14.3. The molecule has 0 aromatic heterocycles. The van der Waals surface area contributed by atoms with Gasteiger partial charge in [-0.15, -0.1) is 11.8 Å². The lowest BCUT2D eigenvalue weighted by Gasteiger charge is -2.43. The number of piperazine rings is 1. The van der Waals surface area contributed by atoms with Crippen molar-refractivity contribution in [1.29, 1.82) is 0 Å². The van der Waals surface area contributed by atoms with Gasteiger partial charge in [-0.2, -0.15) is 0 Å². The molecule has 0 saturated carbocycles. The van der Waals surface area contributed by atoms with Crippen molar-refractivity contribution >= 4 is 33.4 Å². The summed E-state index contributed by atoms with van der Waals surface area (Å²) in [5.41, 5.74) is 1.11. The van der Waals surface area contributed by atoms with Gasteiger partial charge in [-0.05, 0) is 18.6 Å². The van der Waals surface area contributed by atoms with Gasteiger partial charge in [0.2, 0.25) is 11.8 Å². The predicted molar refractivity (Wildman–Crippen MR) is 97.2 cm³/mol. The van der Waals surface area contributed by atoms with Crippen LogP contribution in [0, 0.1) is 6.92 Å². The van der Waals surface area contributed by atoms with E-state index in [1.165, 1.54) is 18.7 Å². The molecule has 1 aromatic carbocycles. The minimum absolute atomic E-state index is 0.0496. The van der Waals surface area contributed by atoms with Gasteiger partial charge in [-0.3, -0.25) is 9.59 Å². The summed E-state index contributed by atoms with van der Waals surface area (Å²) in [6.07, 6.45) is 0. The topological polar surface area (TPSA) is 74.8 Å². The Balaban J connectivity index is 1.72. The van der Waals surface area contributed by atoms with Crippen molar-refractivity contribution in [2.45, 2.75) is 30.8 Å². The second-order valence-electron chi connectivity index (χ2n) is 6.57. The fourth-order valence-corrected chi connectivity index (χ4v) is 6.49. The number of amides is 2. The molecule has 2 aliphatic heterocycles. The van der Waals surface area contributed by atoms with Gasteiger partial charge in [-0.1, -0.05) is 18.2 Å². The molecule has 2 saturated heterocycles. The number of thioether (sulfide) groups is 1. The van der Waals surface area contributed by atoms with E-state index in [4.69, 9.17) is 0 Å². The van der Waals surface area contributed by atoms with E-state index in [2.05, 4.69) is 0 Å². The van der Waals surface area contributed by atoms with Crippen LogP contribution in [0.2, 0.25) is 0 Å². The number of carbonyl (C=O) groups is 2. The molecular weight excluding hydrogens is 360 g/mol. The standard InChI is InChI=1S/C17H22N2O4S2/c1-12-5-3-4-6-16(12)24-9-17(21)19-8-7-18(13(2)20)14-10-25(22,23)11-15(14)19/h3-6,14-15H,7-11H2,1-2H3/t14-,15+/m0/s1. The highest BCUT2D eigenvalue weighted by molar-refractivity contribution is 8.00. The van der Waals surface area contributed by atoms with E-state index in [0.717, 1.165) is 10.5 Å². The summed E-state index contributed by atoms with van der Waals surface area (Å²) in [7, 11) is -3.23. The van der Waals surface area contributed by atoms with Crippen LogP contribution in [-0.2, 0) is 19.4 Å². The third-order valence-corrected chi connectivity index (χ3v) is 7.70. The van der Waals surface area contributed by atoms with E-state index >= 15 is 0 Å². The first-order valence-corrected chi connectivity index (χ1v) is 11.0. The smallest absolute Gasteiger partial charge is 0.233 e. The Morgan fingerprint density at radius 2 is 1.72 bits per heavy atom. The number of hydrogen-bond donors (Lipinski definition) is 0. The maximum absolute atomic E-state index is 12.7. The van der Waals surface area contributed by atoms with Crippen LogP contribution in [0.1, 0.15) is 12.5 Å². The van der Waals surface area contributed by atoms with E-state index in [0.29, 0.717) is 13.1 Å². The van der Waals surface area contributed by atoms with Crippen molar-refractivity contribution < 1.29 is 18.0 Å². The van der Waals surface area contributed by atoms with Crippen LogP contribution in [0.4, 0.5) is 0 Å². The number of rotatable bonds is 3. The van der Waals surface area contributed by atoms with Crippen molar-refractivity contribution in [3.8, 4) is 0 Å². The van der Waals surface area contributed by atoms with Crippen LogP contribution < -0.4 is 0 Å². The van der Waals surface area contributed by atoms with Crippen molar-refractivity contribution in [1.82, 2.24) is 9.80 Å². The van der Waals surface area contributed by atoms with Crippen molar-refractivity contribution in [3.63, 3.8) is 0 Å². The zero-order valence-corrected chi connectivity index (χ0v) is 16.0. The summed E-state index contributed by atoms with van der Waals surface area (Å²) in [6.45, 7) is 4.24. The third kappa shape index (κ3) is 3.84. The molecule has 2 aliphatic rings. The largest absolute Gasteiger partial charge is 0.335 e. The predicted octanol–water partition coefficient (Wildman–Crippen LogP) is 0.943. The molecule has 6 nitrogen and oxygen atoms in total. The highest BCUT2D eigenvalue weighted by Crippen LogP contribution is 2.29. The number of carbonyl (C=O) groups excluding carboxylic acids is 2. The molecule has 8 heteroatoms. The van der Waals surface area contributed by atoms with Crippen LogP contribution in [0.25, 0.3) is 0 Å². The molecule has 0 aliphatic carbocycles. The highest BCUT2D eigenvalue weighted by atomic mass is 32.2. The Kier molecular flexibility index (Phi) is 5.11. The number of benzene rings is 1. The Bertz CT molecular complexity index is 794. The Hall–Kier alpha value is -1.54. The summed E-state index contributed by atoms with van der Waals surface area (Å²) in [5.74, 6) is -0.0282. The van der Waals surface area contributed by atoms with Gasteiger partial charge in [0.05, 0.1) is 29.3 Å². The number of fused-ring (bicyclic) bond motifs is 1. The van der Waals surface area contributed by atoms with E-state index in [-0.39, 0.29) is 29.1 Å². The van der Waals surface area contributed by atoms with Gasteiger partial charge in [-0.25, -0.2) is 8.42 Å². The molecule has 0 N–H and O–H groups in total. The lowest BCUT2D eigenvalue weighted by Crippen LogP contribution is -2.61. The second-order valence-corrected chi connectivity index (χ2v) is 9.74. The summed E-state index contributed by atoms with van der Waals surface area (Å²) >= 11 is 1.47. The Morgan fingerprint density at radius 1 is 1.12 bits per heavy atom. The quantitative estimate of drug-likeness (QED) is 0.728. The average Bonchev–Trinajstić information content (AvgIpc) is 2.87. The van der Waals surface area contributed by atoms with Crippen molar-refractivity contribution in [2.24, 2.45) is 0 Å². The number of nitrogens with zero attached hydrogens (tertiary/aromatic N) is 2. The lowest BCUT2D eigenvalue weighted by molar-refractivity contribution is -0.142. The molecule has 0 bridgehead atoms. The molecular formula is C17H22N2O4S2. The SMILES string of the molecule is CC(=O)N1CCN(C(=O)CSc2ccccc2C)[C@@H]2CS(=O)(=O)C[C@@H]21. The fraction of sp³-hybridized carbons (Fsp3) is 0.529. The monoisotopic (exact) mass is 382 g/mol. The first kappa shape index (κ1) is 18.3. The Morgan fingerprint density at radius 3 is 2.36 bits per heavy atom. The molecule has 0 spiro atoms. The van der Waals surface area contributed by atoms with Gasteiger partial charge in [0, 0.05) is 24.9 Å². The number of hydrogen-bond acceptors (Lipinski definition) is 5. The molecule has 2 atom stereocenters. The molecule has 0 unspecified atom stereocenters. The third-order valence-electron chi connectivity index (χ3n) is 4.85. The number of aryl methyl sites for hydroxylation is 1. The summed E-state index contributed by atoms with van der Waals surface area (Å²) in [4.78, 5) is 28.8. The fourth-order valence-electron chi connectivity index (χ4n) is 3.59.